The Morgan fingerprint density at radius 3 is 2.53 bits per heavy atom. The second-order valence-electron chi connectivity index (χ2n) is 10.5. The summed E-state index contributed by atoms with van der Waals surface area (Å²) in [5, 5.41) is 12.9. The highest BCUT2D eigenvalue weighted by molar-refractivity contribution is 5.88. The standard InChI is InChI=1S/C29H44N2O5/c1-3-4-5-6-7-11-19-36-29(35)24(22-13-9-8-10-14-22)17-18-30-21(2)27(32)31-25-16-12-15-23(25)20-26(31)28(33)34/h8-10,13-14,21,23-26,30H,3-7,11-12,15-20H2,1-2H3,(H,33,34)/t21-,23-,24?,25-,26-/m0/s1. The van der Waals surface area contributed by atoms with Gasteiger partial charge in [0, 0.05) is 6.04 Å². The third kappa shape index (κ3) is 7.55. The van der Waals surface area contributed by atoms with Gasteiger partial charge < -0.3 is 20.1 Å². The maximum Gasteiger partial charge on any atom is 0.326 e. The van der Waals surface area contributed by atoms with Crippen molar-refractivity contribution >= 4 is 17.8 Å². The molecule has 0 bridgehead atoms. The highest BCUT2D eigenvalue weighted by Gasteiger charge is 2.49. The van der Waals surface area contributed by atoms with Crippen molar-refractivity contribution in [3.63, 3.8) is 0 Å². The molecule has 1 aromatic carbocycles. The van der Waals surface area contributed by atoms with Gasteiger partial charge in [-0.25, -0.2) is 4.79 Å². The Labute approximate surface area is 216 Å². The first-order valence-electron chi connectivity index (χ1n) is 13.9. The van der Waals surface area contributed by atoms with Crippen LogP contribution in [0.5, 0.6) is 0 Å². The van der Waals surface area contributed by atoms with Crippen LogP contribution in [0.2, 0.25) is 0 Å². The Morgan fingerprint density at radius 2 is 1.81 bits per heavy atom. The van der Waals surface area contributed by atoms with Crippen LogP contribution in [0.25, 0.3) is 0 Å². The molecular weight excluding hydrogens is 456 g/mol. The number of fused-ring (bicyclic) bond motifs is 1. The topological polar surface area (TPSA) is 95.9 Å². The van der Waals surface area contributed by atoms with Crippen molar-refractivity contribution in [2.75, 3.05) is 13.2 Å². The Kier molecular flexibility index (Phi) is 11.2. The lowest BCUT2D eigenvalue weighted by molar-refractivity contribution is -0.150. The maximum absolute atomic E-state index is 13.3. The van der Waals surface area contributed by atoms with Crippen LogP contribution in [0.3, 0.4) is 0 Å². The second kappa shape index (κ2) is 14.4. The van der Waals surface area contributed by atoms with E-state index in [0.29, 0.717) is 31.9 Å². The summed E-state index contributed by atoms with van der Waals surface area (Å²) in [5.74, 6) is -1.40. The van der Waals surface area contributed by atoms with Crippen molar-refractivity contribution < 1.29 is 24.2 Å². The van der Waals surface area contributed by atoms with Crippen molar-refractivity contribution in [1.82, 2.24) is 10.2 Å². The van der Waals surface area contributed by atoms with E-state index >= 15 is 0 Å². The van der Waals surface area contributed by atoms with Gasteiger partial charge >= 0.3 is 11.9 Å². The summed E-state index contributed by atoms with van der Waals surface area (Å²) in [6.45, 7) is 4.88. The van der Waals surface area contributed by atoms with Gasteiger partial charge in [0.1, 0.15) is 6.04 Å². The molecule has 1 amide bonds. The number of amides is 1. The van der Waals surface area contributed by atoms with Crippen molar-refractivity contribution in [2.24, 2.45) is 5.92 Å². The van der Waals surface area contributed by atoms with E-state index in [1.165, 1.54) is 25.7 Å². The fourth-order valence-electron chi connectivity index (χ4n) is 5.84. The van der Waals surface area contributed by atoms with Gasteiger partial charge in [0.05, 0.1) is 18.6 Å². The maximum atomic E-state index is 13.3. The molecule has 7 heteroatoms. The first-order valence-corrected chi connectivity index (χ1v) is 13.9. The molecule has 7 nitrogen and oxygen atoms in total. The third-order valence-electron chi connectivity index (χ3n) is 7.86. The van der Waals surface area contributed by atoms with Crippen molar-refractivity contribution in [2.45, 2.75) is 109 Å². The van der Waals surface area contributed by atoms with E-state index in [-0.39, 0.29) is 17.9 Å². The molecule has 3 rings (SSSR count). The highest BCUT2D eigenvalue weighted by Crippen LogP contribution is 2.41. The molecule has 0 spiro atoms. The molecule has 1 saturated heterocycles. The first kappa shape index (κ1) is 28.2. The number of esters is 1. The Bertz CT molecular complexity index is 845. The van der Waals surface area contributed by atoms with E-state index < -0.39 is 24.0 Å². The van der Waals surface area contributed by atoms with Crippen molar-refractivity contribution in [3.05, 3.63) is 35.9 Å². The predicted molar refractivity (Wildman–Crippen MR) is 140 cm³/mol. The largest absolute Gasteiger partial charge is 0.480 e. The van der Waals surface area contributed by atoms with Gasteiger partial charge in [0.2, 0.25) is 5.91 Å². The summed E-state index contributed by atoms with van der Waals surface area (Å²) in [4.78, 5) is 39.6. The van der Waals surface area contributed by atoms with Crippen LogP contribution in [0.15, 0.2) is 30.3 Å². The minimum atomic E-state index is -0.915. The van der Waals surface area contributed by atoms with Crippen LogP contribution in [0.4, 0.5) is 0 Å². The zero-order chi connectivity index (χ0) is 25.9. The number of nitrogens with one attached hydrogen (secondary N) is 1. The fourth-order valence-corrected chi connectivity index (χ4v) is 5.84. The molecule has 0 aromatic heterocycles. The number of carboxylic acids is 1. The second-order valence-corrected chi connectivity index (χ2v) is 10.5. The van der Waals surface area contributed by atoms with Crippen LogP contribution in [-0.2, 0) is 19.1 Å². The molecule has 1 aliphatic carbocycles. The van der Waals surface area contributed by atoms with Crippen molar-refractivity contribution in [3.8, 4) is 0 Å². The van der Waals surface area contributed by atoms with Crippen LogP contribution >= 0.6 is 0 Å². The molecular formula is C29H44N2O5. The van der Waals surface area contributed by atoms with E-state index in [0.717, 1.165) is 37.7 Å². The predicted octanol–water partition coefficient (Wildman–Crippen LogP) is 4.90. The van der Waals surface area contributed by atoms with E-state index in [1.54, 1.807) is 11.8 Å². The van der Waals surface area contributed by atoms with Crippen LogP contribution in [0.1, 0.15) is 96.0 Å². The lowest BCUT2D eigenvalue weighted by Gasteiger charge is -2.30. The average Bonchev–Trinajstić information content (AvgIpc) is 3.47. The number of nitrogens with zero attached hydrogens (tertiary/aromatic N) is 1. The number of rotatable bonds is 15. The molecule has 1 heterocycles. The molecule has 36 heavy (non-hydrogen) atoms. The average molecular weight is 501 g/mol. The van der Waals surface area contributed by atoms with E-state index in [9.17, 15) is 19.5 Å². The third-order valence-corrected chi connectivity index (χ3v) is 7.86. The molecule has 1 aromatic rings. The zero-order valence-electron chi connectivity index (χ0n) is 22.0. The smallest absolute Gasteiger partial charge is 0.326 e. The number of carboxylic acid groups (broad SMARTS) is 1. The summed E-state index contributed by atoms with van der Waals surface area (Å²) in [6.07, 6.45) is 10.8. The molecule has 0 radical (unpaired) electrons. The molecule has 5 atom stereocenters. The summed E-state index contributed by atoms with van der Waals surface area (Å²) in [7, 11) is 0. The number of carbonyl (C=O) groups excluding carboxylic acids is 2. The van der Waals surface area contributed by atoms with E-state index in [2.05, 4.69) is 12.2 Å². The van der Waals surface area contributed by atoms with Gasteiger partial charge in [-0.1, -0.05) is 75.8 Å². The van der Waals surface area contributed by atoms with Gasteiger partial charge in [-0.2, -0.15) is 0 Å². The summed E-state index contributed by atoms with van der Waals surface area (Å²) < 4.78 is 5.63. The Hall–Kier alpha value is -2.41. The molecule has 200 valence electrons. The minimum absolute atomic E-state index is 0.0388. The van der Waals surface area contributed by atoms with Gasteiger partial charge in [-0.3, -0.25) is 9.59 Å². The van der Waals surface area contributed by atoms with Gasteiger partial charge in [0.25, 0.3) is 0 Å². The molecule has 2 fully saturated rings. The quantitative estimate of drug-likeness (QED) is 0.263. The minimum Gasteiger partial charge on any atom is -0.480 e. The number of aliphatic carboxylic acids is 1. The van der Waals surface area contributed by atoms with E-state index in [4.69, 9.17) is 4.74 Å². The molecule has 1 saturated carbocycles. The van der Waals surface area contributed by atoms with Crippen molar-refractivity contribution in [1.29, 1.82) is 0 Å². The number of likely N-dealkylation sites (tertiary alicyclic amines) is 1. The molecule has 2 N–H and O–H groups in total. The SMILES string of the molecule is CCCCCCCCOC(=O)C(CCN[C@@H](C)C(=O)N1[C@H](C(=O)O)C[C@@H]2CCC[C@@H]21)c1ccccc1. The van der Waals surface area contributed by atoms with E-state index in [1.807, 2.05) is 30.3 Å². The number of benzene rings is 1. The summed E-state index contributed by atoms with van der Waals surface area (Å²) in [5.41, 5.74) is 0.908. The Balaban J connectivity index is 1.51. The number of hydrogen-bond acceptors (Lipinski definition) is 5. The fraction of sp³-hybridized carbons (Fsp3) is 0.690. The Morgan fingerprint density at radius 1 is 1.08 bits per heavy atom. The monoisotopic (exact) mass is 500 g/mol. The molecule has 1 unspecified atom stereocenters. The van der Waals surface area contributed by atoms with Crippen LogP contribution < -0.4 is 5.32 Å². The van der Waals surface area contributed by atoms with Crippen LogP contribution in [-0.4, -0.2) is 59.1 Å². The number of carbonyl (C=O) groups is 3. The summed E-state index contributed by atoms with van der Waals surface area (Å²) in [6, 6.07) is 8.43. The van der Waals surface area contributed by atoms with Gasteiger partial charge in [-0.15, -0.1) is 0 Å². The first-order chi connectivity index (χ1) is 17.4. The highest BCUT2D eigenvalue weighted by atomic mass is 16.5. The normalized spacial score (nSPS) is 22.7. The van der Waals surface area contributed by atoms with Crippen LogP contribution in [0, 0.1) is 5.92 Å². The molecule has 1 aliphatic heterocycles. The summed E-state index contributed by atoms with van der Waals surface area (Å²) >= 11 is 0. The number of hydrogen-bond donors (Lipinski definition) is 2. The lowest BCUT2D eigenvalue weighted by Crippen LogP contribution is -2.52. The number of ether oxygens (including phenoxy) is 1. The molecule has 2 aliphatic rings. The lowest BCUT2D eigenvalue weighted by atomic mass is 9.95. The zero-order valence-corrected chi connectivity index (χ0v) is 22.0. The number of unbranched alkanes of at least 4 members (excludes halogenated alkanes) is 5. The van der Waals surface area contributed by atoms with Gasteiger partial charge in [0.15, 0.2) is 0 Å². The van der Waals surface area contributed by atoms with Gasteiger partial charge in [-0.05, 0) is 57.1 Å².